The number of fused-ring (bicyclic) bond motifs is 25. The van der Waals surface area contributed by atoms with Crippen LogP contribution in [0.4, 0.5) is 0 Å². The standard InChI is InChI=1S/C24H40O5.2C24H42O4.2C24H42O3/c1-13(4-7-21(28)29)16-5-6-17-22-18(12-20(27)24(16,17)3)23(2)9-8-15(25)10-14(23)11-19(22)26;2*1-14(5-4-10-25)17-6-7-18-22-19(13-21(28)24(17,18)3)23(2)9-8-16(26)11-15(23)12-20(22)27;2*1-15(5-4-12-25)18-6-7-19-22-20(9-11-24(18,19)3)23(2)10-8-17(26)13-16(23)14-21(22)27/h13-20,22,25-27H,4-12H2,1-3H3,(H,28,29);2*14-22,25-28H,4-13H2,1-3H3;2*15-22,25-27H,4-14H2,1-3H3/t13-,14+,15-,16-,17?,18?,19+,20+,22?,23+,24-;14-,15+,16-,17-,18?,19?,20+,21+,22?,23+,24-;14-,15+,16-,17-,18?,19?,20-,21+,22?,23+,24-;15-,16+,17-,18-,19?,20?,21+,22?,23+,24-;15-,16+,17-,18-,19?,20?,21-,22?,23+,24-/m11111/s1. The van der Waals surface area contributed by atoms with Gasteiger partial charge < -0.3 is 91.9 Å². The number of aliphatic carboxylic acids is 1. The average molecular weight is 1950 g/mol. The molecule has 19 heteroatoms. The minimum Gasteiger partial charge on any atom is -0.481 e. The average Bonchev–Trinajstić information content (AvgIpc) is 1.52. The third-order valence-electron chi connectivity index (χ3n) is 51.5. The van der Waals surface area contributed by atoms with E-state index in [-0.39, 0.29) is 137 Å². The van der Waals surface area contributed by atoms with Gasteiger partial charge in [-0.15, -0.1) is 0 Å². The number of hydrogen-bond donors (Lipinski definition) is 18. The van der Waals surface area contributed by atoms with E-state index in [1.165, 1.54) is 51.4 Å². The number of aliphatic hydroxyl groups is 17. The van der Waals surface area contributed by atoms with Crippen molar-refractivity contribution in [3.63, 3.8) is 0 Å². The molecule has 0 aliphatic heterocycles. The first-order valence-corrected chi connectivity index (χ1v) is 59.2. The lowest BCUT2D eigenvalue weighted by molar-refractivity contribution is -0.207. The molecule has 53 atom stereocenters. The molecule has 20 aliphatic carbocycles. The Labute approximate surface area is 841 Å². The molecule has 0 radical (unpaired) electrons. The van der Waals surface area contributed by atoms with Crippen LogP contribution in [0, 0.1) is 232 Å². The Morgan fingerprint density at radius 2 is 0.439 bits per heavy atom. The molecule has 20 rings (SSSR count). The van der Waals surface area contributed by atoms with E-state index in [2.05, 4.69) is 104 Å². The highest BCUT2D eigenvalue weighted by Gasteiger charge is 2.72. The molecular weight excluding hydrogens is 1750 g/mol. The number of rotatable bonds is 20. The maximum atomic E-state index is 11.5. The normalized spacial score (nSPS) is 53.7. The fraction of sp³-hybridized carbons (Fsp3) is 0.992. The first kappa shape index (κ1) is 110. The van der Waals surface area contributed by atoms with Crippen LogP contribution in [-0.4, -0.2) is 204 Å². The van der Waals surface area contributed by atoms with Crippen LogP contribution in [0.5, 0.6) is 0 Å². The van der Waals surface area contributed by atoms with Crippen molar-refractivity contribution in [3.05, 3.63) is 0 Å². The van der Waals surface area contributed by atoms with E-state index in [1.807, 2.05) is 0 Å². The molecule has 20 fully saturated rings. The van der Waals surface area contributed by atoms with Crippen molar-refractivity contribution in [2.24, 2.45) is 232 Å². The Morgan fingerprint density at radius 1 is 0.237 bits per heavy atom. The topological polar surface area (TPSA) is 381 Å². The van der Waals surface area contributed by atoms with Crippen LogP contribution in [-0.2, 0) is 4.79 Å². The molecule has 0 aromatic heterocycles. The second-order valence-electron chi connectivity index (χ2n) is 56.8. The van der Waals surface area contributed by atoms with Crippen LogP contribution in [0.25, 0.3) is 0 Å². The molecule has 0 saturated heterocycles. The summed E-state index contributed by atoms with van der Waals surface area (Å²) >= 11 is 0. The first-order chi connectivity index (χ1) is 65.7. The van der Waals surface area contributed by atoms with Crippen molar-refractivity contribution in [3.8, 4) is 0 Å². The molecule has 0 amide bonds. The van der Waals surface area contributed by atoms with Gasteiger partial charge in [0.1, 0.15) is 0 Å². The molecule has 18 N–H and O–H groups in total. The van der Waals surface area contributed by atoms with Gasteiger partial charge in [0.05, 0.1) is 79.4 Å². The molecular formula is C120H208O19. The summed E-state index contributed by atoms with van der Waals surface area (Å²) in [4.78, 5) is 11.1. The maximum absolute atomic E-state index is 11.5. The number of carbonyl (C=O) groups is 1. The van der Waals surface area contributed by atoms with Crippen LogP contribution < -0.4 is 0 Å². The van der Waals surface area contributed by atoms with Crippen molar-refractivity contribution in [1.82, 2.24) is 0 Å². The van der Waals surface area contributed by atoms with E-state index in [1.54, 1.807) is 0 Å². The second-order valence-corrected chi connectivity index (χ2v) is 56.8. The lowest BCUT2D eigenvalue weighted by Crippen LogP contribution is -2.62. The second kappa shape index (κ2) is 43.1. The van der Waals surface area contributed by atoms with E-state index >= 15 is 0 Å². The molecule has 0 spiro atoms. The molecule has 139 heavy (non-hydrogen) atoms. The quantitative estimate of drug-likeness (QED) is 0.0538. The zero-order valence-corrected chi connectivity index (χ0v) is 89.8. The van der Waals surface area contributed by atoms with Gasteiger partial charge in [-0.1, -0.05) is 104 Å². The van der Waals surface area contributed by atoms with Crippen molar-refractivity contribution >= 4 is 5.97 Å². The van der Waals surface area contributed by atoms with Crippen molar-refractivity contribution in [2.75, 3.05) is 26.4 Å². The molecule has 15 unspecified atom stereocenters. The fourth-order valence-corrected chi connectivity index (χ4v) is 43.8. The Hall–Kier alpha value is -1.21. The first-order valence-electron chi connectivity index (χ1n) is 59.2. The highest BCUT2D eigenvalue weighted by atomic mass is 16.4. The van der Waals surface area contributed by atoms with Gasteiger partial charge in [0.25, 0.3) is 0 Å². The van der Waals surface area contributed by atoms with Gasteiger partial charge in [-0.25, -0.2) is 0 Å². The molecule has 19 nitrogen and oxygen atoms in total. The predicted molar refractivity (Wildman–Crippen MR) is 545 cm³/mol. The number of aliphatic hydroxyl groups excluding tert-OH is 17. The zero-order chi connectivity index (χ0) is 100. The van der Waals surface area contributed by atoms with E-state index in [0.717, 1.165) is 249 Å². The van der Waals surface area contributed by atoms with E-state index in [9.17, 15) is 91.6 Å². The number of carboxylic acids is 1. The van der Waals surface area contributed by atoms with Crippen LogP contribution >= 0.6 is 0 Å². The number of hydrogen-bond acceptors (Lipinski definition) is 18. The van der Waals surface area contributed by atoms with Gasteiger partial charge in [0, 0.05) is 32.8 Å². The molecule has 0 aromatic carbocycles. The van der Waals surface area contributed by atoms with Crippen LogP contribution in [0.1, 0.15) is 406 Å². The largest absolute Gasteiger partial charge is 0.481 e. The fourth-order valence-electron chi connectivity index (χ4n) is 43.8. The van der Waals surface area contributed by atoms with Crippen molar-refractivity contribution < 1.29 is 96.7 Å². The minimum atomic E-state index is -0.748. The predicted octanol–water partition coefficient (Wildman–Crippen LogP) is 18.9. The summed E-state index contributed by atoms with van der Waals surface area (Å²) in [5, 5.41) is 188. The highest BCUT2D eigenvalue weighted by Crippen LogP contribution is 2.76. The maximum Gasteiger partial charge on any atom is 0.303 e. The van der Waals surface area contributed by atoms with Crippen LogP contribution in [0.2, 0.25) is 0 Å². The minimum absolute atomic E-state index is 0.0957. The summed E-state index contributed by atoms with van der Waals surface area (Å²) in [5.74, 6) is 13.2. The summed E-state index contributed by atoms with van der Waals surface area (Å²) in [7, 11) is 0. The number of carboxylic acid groups (broad SMARTS) is 1. The molecule has 20 saturated carbocycles. The summed E-state index contributed by atoms with van der Waals surface area (Å²) in [6.07, 6.45) is 42.9. The summed E-state index contributed by atoms with van der Waals surface area (Å²) < 4.78 is 0. The highest BCUT2D eigenvalue weighted by molar-refractivity contribution is 5.66. The van der Waals surface area contributed by atoms with Gasteiger partial charge in [-0.2, -0.15) is 0 Å². The van der Waals surface area contributed by atoms with E-state index < -0.39 is 12.1 Å². The lowest BCUT2D eigenvalue weighted by Gasteiger charge is -2.63. The lowest BCUT2D eigenvalue weighted by atomic mass is 9.43. The van der Waals surface area contributed by atoms with Crippen LogP contribution in [0.3, 0.4) is 0 Å². The molecule has 20 aliphatic rings. The summed E-state index contributed by atoms with van der Waals surface area (Å²) in [6, 6.07) is 0. The van der Waals surface area contributed by atoms with Gasteiger partial charge in [0.15, 0.2) is 0 Å². The van der Waals surface area contributed by atoms with Gasteiger partial charge in [-0.05, 0) is 527 Å². The molecule has 0 heterocycles. The van der Waals surface area contributed by atoms with Gasteiger partial charge >= 0.3 is 5.97 Å². The smallest absolute Gasteiger partial charge is 0.303 e. The third kappa shape index (κ3) is 19.5. The van der Waals surface area contributed by atoms with Crippen LogP contribution in [0.15, 0.2) is 0 Å². The third-order valence-corrected chi connectivity index (χ3v) is 51.5. The Kier molecular flexibility index (Phi) is 34.3. The summed E-state index contributed by atoms with van der Waals surface area (Å²) in [5.41, 5.74) is 1.30. The molecule has 0 bridgehead atoms. The van der Waals surface area contributed by atoms with E-state index in [4.69, 9.17) is 5.11 Å². The Balaban J connectivity index is 0.000000125. The molecule has 802 valence electrons. The zero-order valence-electron chi connectivity index (χ0n) is 89.8. The van der Waals surface area contributed by atoms with Gasteiger partial charge in [-0.3, -0.25) is 4.79 Å². The van der Waals surface area contributed by atoms with E-state index in [0.29, 0.717) is 195 Å². The van der Waals surface area contributed by atoms with Crippen molar-refractivity contribution in [2.45, 2.75) is 485 Å². The van der Waals surface area contributed by atoms with Gasteiger partial charge in [0.2, 0.25) is 0 Å². The SMILES string of the molecule is C[C@H](CCC(=O)O)[C@H]1CCC2C3C(C[C@H](O)[C@@]21C)[C@@]1(C)CC[C@@H](O)C[C@H]1C[C@@H]3O.C[C@H](CCCO)[C@H]1CCC2C3C(CC[C@@]21C)[C@@]1(C)CC[C@@H](O)C[C@H]1C[C@@H]3O.C[C@H](CCCO)[C@H]1CCC2C3C(CC[C@@]21C)[C@@]1(C)CC[C@@H](O)C[C@H]1C[C@H]3O.C[C@H](CCCO)[C@H]1CCC2C3C(C[C@H](O)[C@@]21C)[C@@]1(C)CC[C@@H](O)C[C@H]1C[C@@H]3O.C[C@H](CCCO)[C@H]1CCC2C3C(C[C@H](O)[C@@]21C)[C@@]1(C)CC[C@@H](O)C[C@H]1C[C@H]3O. The Morgan fingerprint density at radius 3 is 0.683 bits per heavy atom. The Bertz CT molecular complexity index is 3790. The monoisotopic (exact) mass is 1950 g/mol. The summed E-state index contributed by atoms with van der Waals surface area (Å²) in [6.45, 7) is 36.7. The molecule has 0 aromatic rings. The van der Waals surface area contributed by atoms with Crippen molar-refractivity contribution in [1.29, 1.82) is 0 Å².